The quantitative estimate of drug-likeness (QED) is 0.920. The third-order valence-corrected chi connectivity index (χ3v) is 3.01. The Bertz CT molecular complexity index is 516. The molecule has 1 aromatic heterocycles. The summed E-state index contributed by atoms with van der Waals surface area (Å²) in [4.78, 5) is 8.52. The van der Waals surface area contributed by atoms with Gasteiger partial charge in [-0.25, -0.2) is 4.98 Å². The summed E-state index contributed by atoms with van der Waals surface area (Å²) in [6, 6.07) is 5.58. The van der Waals surface area contributed by atoms with E-state index in [4.69, 9.17) is 11.6 Å². The topological polar surface area (TPSA) is 37.8 Å². The molecule has 1 aromatic carbocycles. The van der Waals surface area contributed by atoms with E-state index in [0.29, 0.717) is 5.02 Å². The first-order chi connectivity index (χ1) is 7.72. The molecule has 5 heteroatoms. The summed E-state index contributed by atoms with van der Waals surface area (Å²) in [5.74, 6) is 0.741. The van der Waals surface area contributed by atoms with Gasteiger partial charge in [-0.2, -0.15) is 0 Å². The van der Waals surface area contributed by atoms with Crippen molar-refractivity contribution in [1.29, 1.82) is 0 Å². The van der Waals surface area contributed by atoms with E-state index < -0.39 is 0 Å². The number of halogens is 2. The summed E-state index contributed by atoms with van der Waals surface area (Å²) in [6.07, 6.45) is 3.32. The van der Waals surface area contributed by atoms with Crippen molar-refractivity contribution in [3.05, 3.63) is 40.1 Å². The Labute approximate surface area is 107 Å². The lowest BCUT2D eigenvalue weighted by atomic mass is 10.1. The van der Waals surface area contributed by atoms with Gasteiger partial charge >= 0.3 is 0 Å². The maximum atomic E-state index is 5.90. The van der Waals surface area contributed by atoms with Gasteiger partial charge in [0, 0.05) is 34.5 Å². The summed E-state index contributed by atoms with van der Waals surface area (Å²) in [5, 5.41) is 3.69. The lowest BCUT2D eigenvalue weighted by molar-refractivity contribution is 1.19. The van der Waals surface area contributed by atoms with Crippen LogP contribution in [0.25, 0.3) is 11.3 Å². The lowest BCUT2D eigenvalue weighted by Crippen LogP contribution is -1.97. The van der Waals surface area contributed by atoms with Gasteiger partial charge in [0.05, 0.1) is 0 Å². The number of aromatic nitrogens is 2. The smallest absolute Gasteiger partial charge is 0.152 e. The zero-order chi connectivity index (χ0) is 11.5. The molecule has 0 fully saturated rings. The van der Waals surface area contributed by atoms with Crippen molar-refractivity contribution in [3.8, 4) is 11.3 Å². The van der Waals surface area contributed by atoms with E-state index in [1.807, 2.05) is 25.2 Å². The predicted octanol–water partition coefficient (Wildman–Crippen LogP) is 3.60. The number of nitrogens with zero attached hydrogens (tertiary/aromatic N) is 2. The van der Waals surface area contributed by atoms with Crippen molar-refractivity contribution >= 4 is 33.3 Å². The highest BCUT2D eigenvalue weighted by Crippen LogP contribution is 2.32. The standard InChI is InChI=1S/C11H9BrClN3/c1-14-11-10(15-4-5-16-11)8-3-2-7(13)6-9(8)12/h2-6H,1H3,(H,14,16). The van der Waals surface area contributed by atoms with Crippen LogP contribution in [0.5, 0.6) is 0 Å². The van der Waals surface area contributed by atoms with Gasteiger partial charge in [-0.05, 0) is 12.1 Å². The molecular formula is C11H9BrClN3. The van der Waals surface area contributed by atoms with Crippen LogP contribution in [0.3, 0.4) is 0 Å². The number of anilines is 1. The summed E-state index contributed by atoms with van der Waals surface area (Å²) in [6.45, 7) is 0. The fourth-order valence-corrected chi connectivity index (χ4v) is 2.27. The first-order valence-corrected chi connectivity index (χ1v) is 5.83. The van der Waals surface area contributed by atoms with Gasteiger partial charge in [0.25, 0.3) is 0 Å². The molecule has 82 valence electrons. The summed E-state index contributed by atoms with van der Waals surface area (Å²) in [7, 11) is 1.82. The number of rotatable bonds is 2. The van der Waals surface area contributed by atoms with E-state index >= 15 is 0 Å². The minimum absolute atomic E-state index is 0.686. The van der Waals surface area contributed by atoms with Gasteiger partial charge in [-0.15, -0.1) is 0 Å². The van der Waals surface area contributed by atoms with Crippen LogP contribution in [0, 0.1) is 0 Å². The van der Waals surface area contributed by atoms with E-state index in [9.17, 15) is 0 Å². The van der Waals surface area contributed by atoms with E-state index in [2.05, 4.69) is 31.2 Å². The predicted molar refractivity (Wildman–Crippen MR) is 69.7 cm³/mol. The zero-order valence-electron chi connectivity index (χ0n) is 8.54. The molecule has 0 saturated carbocycles. The molecule has 3 nitrogen and oxygen atoms in total. The zero-order valence-corrected chi connectivity index (χ0v) is 10.9. The van der Waals surface area contributed by atoms with Gasteiger partial charge < -0.3 is 5.32 Å². The molecule has 0 radical (unpaired) electrons. The van der Waals surface area contributed by atoms with Crippen molar-refractivity contribution < 1.29 is 0 Å². The second kappa shape index (κ2) is 4.80. The SMILES string of the molecule is CNc1nccnc1-c1ccc(Cl)cc1Br. The number of hydrogen-bond acceptors (Lipinski definition) is 3. The Hall–Kier alpha value is -1.13. The molecule has 0 aliphatic carbocycles. The normalized spacial score (nSPS) is 10.2. The Morgan fingerprint density at radius 3 is 2.69 bits per heavy atom. The van der Waals surface area contributed by atoms with Gasteiger partial charge in [0.2, 0.25) is 0 Å². The highest BCUT2D eigenvalue weighted by atomic mass is 79.9. The van der Waals surface area contributed by atoms with Crippen LogP contribution in [0.2, 0.25) is 5.02 Å². The minimum Gasteiger partial charge on any atom is -0.371 e. The molecule has 0 spiro atoms. The van der Waals surface area contributed by atoms with Gasteiger partial charge in [-0.1, -0.05) is 33.6 Å². The molecule has 2 rings (SSSR count). The van der Waals surface area contributed by atoms with Crippen molar-refractivity contribution in [2.45, 2.75) is 0 Å². The molecule has 1 heterocycles. The van der Waals surface area contributed by atoms with E-state index in [1.165, 1.54) is 0 Å². The first kappa shape index (κ1) is 11.4. The Morgan fingerprint density at radius 1 is 1.25 bits per heavy atom. The maximum absolute atomic E-state index is 5.90. The number of hydrogen-bond donors (Lipinski definition) is 1. The fraction of sp³-hybridized carbons (Fsp3) is 0.0909. The highest BCUT2D eigenvalue weighted by molar-refractivity contribution is 9.10. The minimum atomic E-state index is 0.686. The second-order valence-corrected chi connectivity index (χ2v) is 4.42. The Kier molecular flexibility index (Phi) is 3.41. The molecule has 2 aromatic rings. The Balaban J connectivity index is 2.58. The second-order valence-electron chi connectivity index (χ2n) is 3.13. The van der Waals surface area contributed by atoms with Crippen molar-refractivity contribution in [1.82, 2.24) is 9.97 Å². The lowest BCUT2D eigenvalue weighted by Gasteiger charge is -2.08. The summed E-state index contributed by atoms with van der Waals surface area (Å²) >= 11 is 9.36. The van der Waals surface area contributed by atoms with E-state index in [1.54, 1.807) is 12.4 Å². The van der Waals surface area contributed by atoms with Gasteiger partial charge in [0.15, 0.2) is 5.82 Å². The molecule has 0 bridgehead atoms. The molecule has 0 aliphatic heterocycles. The molecule has 1 N–H and O–H groups in total. The van der Waals surface area contributed by atoms with Crippen molar-refractivity contribution in [2.24, 2.45) is 0 Å². The van der Waals surface area contributed by atoms with Crippen LogP contribution in [0.4, 0.5) is 5.82 Å². The van der Waals surface area contributed by atoms with Crippen LogP contribution in [0.15, 0.2) is 35.1 Å². The van der Waals surface area contributed by atoms with Crippen LogP contribution >= 0.6 is 27.5 Å². The number of nitrogens with one attached hydrogen (secondary N) is 1. The largest absolute Gasteiger partial charge is 0.371 e. The molecule has 0 aliphatic rings. The van der Waals surface area contributed by atoms with Gasteiger partial charge in [0.1, 0.15) is 5.69 Å². The molecule has 0 atom stereocenters. The van der Waals surface area contributed by atoms with Gasteiger partial charge in [-0.3, -0.25) is 4.98 Å². The summed E-state index contributed by atoms with van der Waals surface area (Å²) < 4.78 is 0.900. The van der Waals surface area contributed by atoms with Crippen molar-refractivity contribution in [2.75, 3.05) is 12.4 Å². The molecule has 0 amide bonds. The number of benzene rings is 1. The van der Waals surface area contributed by atoms with Crippen molar-refractivity contribution in [3.63, 3.8) is 0 Å². The third kappa shape index (κ3) is 2.18. The van der Waals surface area contributed by atoms with Crippen LogP contribution in [0.1, 0.15) is 0 Å². The molecule has 16 heavy (non-hydrogen) atoms. The third-order valence-electron chi connectivity index (χ3n) is 2.12. The molecule has 0 unspecified atom stereocenters. The average Bonchev–Trinajstić information content (AvgIpc) is 2.29. The average molecular weight is 299 g/mol. The van der Waals surface area contributed by atoms with Crippen LogP contribution in [-0.2, 0) is 0 Å². The van der Waals surface area contributed by atoms with Crippen LogP contribution < -0.4 is 5.32 Å². The molecular weight excluding hydrogens is 289 g/mol. The highest BCUT2D eigenvalue weighted by Gasteiger charge is 2.09. The van der Waals surface area contributed by atoms with E-state index in [-0.39, 0.29) is 0 Å². The summed E-state index contributed by atoms with van der Waals surface area (Å²) in [5.41, 5.74) is 1.76. The maximum Gasteiger partial charge on any atom is 0.152 e. The Morgan fingerprint density at radius 2 is 2.00 bits per heavy atom. The first-order valence-electron chi connectivity index (χ1n) is 4.66. The monoisotopic (exact) mass is 297 g/mol. The van der Waals surface area contributed by atoms with Crippen LogP contribution in [-0.4, -0.2) is 17.0 Å². The van der Waals surface area contributed by atoms with E-state index in [0.717, 1.165) is 21.5 Å². The molecule has 0 saturated heterocycles. The fourth-order valence-electron chi connectivity index (χ4n) is 1.40.